The molecule has 11 heteroatoms. The molecule has 11 nitrogen and oxygen atoms in total. The fraction of sp³-hybridized carbons (Fsp3) is 0.643. The number of aliphatic hydroxyl groups is 3. The van der Waals surface area contributed by atoms with Gasteiger partial charge in [0.1, 0.15) is 24.9 Å². The average molecular weight is 747 g/mol. The van der Waals surface area contributed by atoms with Crippen LogP contribution in [0.2, 0.25) is 0 Å². The van der Waals surface area contributed by atoms with Gasteiger partial charge in [-0.05, 0) is 64.2 Å². The Kier molecular flexibility index (Phi) is 28.9. The quantitative estimate of drug-likeness (QED) is 0.0329. The van der Waals surface area contributed by atoms with Crippen molar-refractivity contribution in [1.29, 1.82) is 0 Å². The molecule has 0 aromatic rings. The van der Waals surface area contributed by atoms with Crippen LogP contribution in [0, 0.1) is 0 Å². The second kappa shape index (κ2) is 32.1. The molecule has 0 aromatic heterocycles. The van der Waals surface area contributed by atoms with Crippen molar-refractivity contribution in [3.8, 4) is 0 Å². The number of unbranched alkanes of at least 4 members (excludes halogenated alkanes) is 8. The van der Waals surface area contributed by atoms with E-state index in [1.165, 1.54) is 19.3 Å². The van der Waals surface area contributed by atoms with Gasteiger partial charge in [-0.1, -0.05) is 119 Å². The second-order valence-electron chi connectivity index (χ2n) is 13.0. The van der Waals surface area contributed by atoms with Crippen molar-refractivity contribution >= 4 is 17.9 Å². The predicted octanol–water partition coefficient (Wildman–Crippen LogP) is 7.36. The minimum absolute atomic E-state index is 0.00147. The smallest absolute Gasteiger partial charge is 0.335 e. The van der Waals surface area contributed by atoms with Crippen LogP contribution in [0.5, 0.6) is 0 Å². The molecule has 6 unspecified atom stereocenters. The van der Waals surface area contributed by atoms with Gasteiger partial charge in [0.2, 0.25) is 0 Å². The fourth-order valence-electron chi connectivity index (χ4n) is 5.24. The standard InChI is InChI=1S/C42H66O11/c1-3-5-7-9-11-13-15-17-18-19-21-22-24-26-28-30-35(43)50-32-34(33-51-42-39(47)37(45)38(46)40(53-42)41(48)49)52-36(44)31-29-27-25-23-20-16-14-12-10-8-6-4-2/h5,7,11-14,17-18,21-22,26,28,34,37-40,42,45-47H,3-4,6,8-10,15-16,19-20,23-25,27,29-33H2,1-2H3,(H,48,49)/b7-5-,13-11-,14-12-,18-17-,22-21-,28-26-. The number of allylic oxidation sites excluding steroid dienone is 11. The molecule has 0 amide bonds. The third kappa shape index (κ3) is 24.6. The Hall–Kier alpha value is -3.35. The molecule has 1 aliphatic rings. The first kappa shape index (κ1) is 47.7. The first-order valence-electron chi connectivity index (χ1n) is 19.5. The first-order chi connectivity index (χ1) is 25.7. The van der Waals surface area contributed by atoms with E-state index in [2.05, 4.69) is 62.5 Å². The maximum atomic E-state index is 12.7. The van der Waals surface area contributed by atoms with E-state index in [0.29, 0.717) is 12.8 Å². The largest absolute Gasteiger partial charge is 0.479 e. The monoisotopic (exact) mass is 746 g/mol. The third-order valence-electron chi connectivity index (χ3n) is 8.32. The van der Waals surface area contributed by atoms with Gasteiger partial charge in [0.05, 0.1) is 13.0 Å². The van der Waals surface area contributed by atoms with E-state index < -0.39 is 61.3 Å². The molecule has 53 heavy (non-hydrogen) atoms. The summed E-state index contributed by atoms with van der Waals surface area (Å²) in [6.45, 7) is 3.54. The minimum atomic E-state index is -1.88. The molecule has 6 atom stereocenters. The summed E-state index contributed by atoms with van der Waals surface area (Å²) in [5.74, 6) is -2.63. The zero-order chi connectivity index (χ0) is 38.9. The van der Waals surface area contributed by atoms with Gasteiger partial charge in [-0.2, -0.15) is 0 Å². The summed E-state index contributed by atoms with van der Waals surface area (Å²) in [5, 5.41) is 39.6. The van der Waals surface area contributed by atoms with E-state index >= 15 is 0 Å². The van der Waals surface area contributed by atoms with Gasteiger partial charge in [-0.25, -0.2) is 4.79 Å². The first-order valence-corrected chi connectivity index (χ1v) is 19.5. The normalized spacial score (nSPS) is 21.6. The van der Waals surface area contributed by atoms with Crippen molar-refractivity contribution in [1.82, 2.24) is 0 Å². The van der Waals surface area contributed by atoms with Crippen LogP contribution in [-0.4, -0.2) is 88.4 Å². The molecule has 0 aromatic carbocycles. The summed E-state index contributed by atoms with van der Waals surface area (Å²) in [6, 6.07) is 0. The number of aliphatic carboxylic acids is 1. The maximum Gasteiger partial charge on any atom is 0.335 e. The molecule has 300 valence electrons. The van der Waals surface area contributed by atoms with Gasteiger partial charge in [-0.3, -0.25) is 9.59 Å². The van der Waals surface area contributed by atoms with E-state index in [9.17, 15) is 34.8 Å². The van der Waals surface area contributed by atoms with Gasteiger partial charge in [0, 0.05) is 6.42 Å². The van der Waals surface area contributed by atoms with Crippen LogP contribution in [0.1, 0.15) is 123 Å². The SMILES string of the molecule is CC/C=C\C/C=C\C/C=C\C/C=C\C/C=C\CC(=O)OCC(COC1OC(C(=O)O)C(O)C(O)C1O)OC(=O)CCCCCCC/C=C\CCCCC. The molecule has 0 bridgehead atoms. The van der Waals surface area contributed by atoms with Crippen LogP contribution >= 0.6 is 0 Å². The molecule has 0 aliphatic carbocycles. The number of carbonyl (C=O) groups is 3. The molecule has 1 aliphatic heterocycles. The number of ether oxygens (including phenoxy) is 4. The highest BCUT2D eigenvalue weighted by atomic mass is 16.7. The molecular formula is C42H66O11. The van der Waals surface area contributed by atoms with Gasteiger partial charge in [0.15, 0.2) is 18.5 Å². The van der Waals surface area contributed by atoms with Crippen LogP contribution in [-0.2, 0) is 33.3 Å². The highest BCUT2D eigenvalue weighted by Crippen LogP contribution is 2.23. The lowest BCUT2D eigenvalue weighted by atomic mass is 9.99. The van der Waals surface area contributed by atoms with Crippen molar-refractivity contribution in [2.75, 3.05) is 13.2 Å². The molecule has 1 heterocycles. The Morgan fingerprint density at radius 3 is 1.75 bits per heavy atom. The molecule has 4 N–H and O–H groups in total. The van der Waals surface area contributed by atoms with Crippen molar-refractivity contribution in [2.45, 2.75) is 160 Å². The molecule has 1 fully saturated rings. The van der Waals surface area contributed by atoms with Crippen molar-refractivity contribution in [2.24, 2.45) is 0 Å². The van der Waals surface area contributed by atoms with Crippen LogP contribution in [0.25, 0.3) is 0 Å². The number of hydrogen-bond acceptors (Lipinski definition) is 10. The number of carbonyl (C=O) groups excluding carboxylic acids is 2. The second-order valence-corrected chi connectivity index (χ2v) is 13.0. The lowest BCUT2D eigenvalue weighted by Crippen LogP contribution is -2.60. The summed E-state index contributed by atoms with van der Waals surface area (Å²) in [4.78, 5) is 36.6. The van der Waals surface area contributed by atoms with Crippen molar-refractivity contribution < 1.29 is 53.8 Å². The molecule has 1 saturated heterocycles. The Morgan fingerprint density at radius 2 is 1.17 bits per heavy atom. The third-order valence-corrected chi connectivity index (χ3v) is 8.32. The van der Waals surface area contributed by atoms with E-state index in [4.69, 9.17) is 18.9 Å². The number of carboxylic acids is 1. The summed E-state index contributed by atoms with van der Waals surface area (Å²) in [6.07, 6.45) is 29.9. The minimum Gasteiger partial charge on any atom is -0.479 e. The number of hydrogen-bond donors (Lipinski definition) is 4. The van der Waals surface area contributed by atoms with E-state index in [0.717, 1.165) is 64.2 Å². The zero-order valence-electron chi connectivity index (χ0n) is 32.0. The Balaban J connectivity index is 2.52. The predicted molar refractivity (Wildman–Crippen MR) is 206 cm³/mol. The zero-order valence-corrected chi connectivity index (χ0v) is 32.0. The van der Waals surface area contributed by atoms with Crippen LogP contribution in [0.15, 0.2) is 72.9 Å². The fourth-order valence-corrected chi connectivity index (χ4v) is 5.24. The topological polar surface area (TPSA) is 169 Å². The van der Waals surface area contributed by atoms with Crippen LogP contribution in [0.4, 0.5) is 0 Å². The molecular weight excluding hydrogens is 680 g/mol. The van der Waals surface area contributed by atoms with Crippen molar-refractivity contribution in [3.63, 3.8) is 0 Å². The lowest BCUT2D eigenvalue weighted by molar-refractivity contribution is -0.298. The lowest BCUT2D eigenvalue weighted by Gasteiger charge is -2.38. The molecule has 0 radical (unpaired) electrons. The highest BCUT2D eigenvalue weighted by molar-refractivity contribution is 5.73. The maximum absolute atomic E-state index is 12.7. The number of carboxylic acid groups (broad SMARTS) is 1. The van der Waals surface area contributed by atoms with E-state index in [-0.39, 0.29) is 19.4 Å². The summed E-state index contributed by atoms with van der Waals surface area (Å²) >= 11 is 0. The highest BCUT2D eigenvalue weighted by Gasteiger charge is 2.47. The summed E-state index contributed by atoms with van der Waals surface area (Å²) < 4.78 is 21.5. The van der Waals surface area contributed by atoms with Gasteiger partial charge < -0.3 is 39.4 Å². The van der Waals surface area contributed by atoms with Gasteiger partial charge >= 0.3 is 17.9 Å². The Labute approximate surface area is 317 Å². The summed E-state index contributed by atoms with van der Waals surface area (Å²) in [5.41, 5.74) is 0. The summed E-state index contributed by atoms with van der Waals surface area (Å²) in [7, 11) is 0. The van der Waals surface area contributed by atoms with Gasteiger partial charge in [-0.15, -0.1) is 0 Å². The number of rotatable bonds is 30. The molecule has 0 spiro atoms. The van der Waals surface area contributed by atoms with Crippen LogP contribution < -0.4 is 0 Å². The van der Waals surface area contributed by atoms with Crippen LogP contribution in [0.3, 0.4) is 0 Å². The Morgan fingerprint density at radius 1 is 0.623 bits per heavy atom. The average Bonchev–Trinajstić information content (AvgIpc) is 3.14. The van der Waals surface area contributed by atoms with Crippen molar-refractivity contribution in [3.05, 3.63) is 72.9 Å². The van der Waals surface area contributed by atoms with E-state index in [1.807, 2.05) is 18.2 Å². The molecule has 1 rings (SSSR count). The molecule has 0 saturated carbocycles. The van der Waals surface area contributed by atoms with Gasteiger partial charge in [0.25, 0.3) is 0 Å². The Bertz CT molecular complexity index is 1160. The number of esters is 2. The van der Waals surface area contributed by atoms with E-state index in [1.54, 1.807) is 6.08 Å². The number of aliphatic hydroxyl groups excluding tert-OH is 3.